The Morgan fingerprint density at radius 3 is 3.00 bits per heavy atom. The first-order valence-electron chi connectivity index (χ1n) is 6.48. The van der Waals surface area contributed by atoms with E-state index in [9.17, 15) is 4.79 Å². The predicted molar refractivity (Wildman–Crippen MR) is 73.4 cm³/mol. The first-order valence-corrected chi connectivity index (χ1v) is 6.48. The molecule has 1 N–H and O–H groups in total. The van der Waals surface area contributed by atoms with E-state index in [1.807, 2.05) is 24.3 Å². The van der Waals surface area contributed by atoms with Crippen LogP contribution in [0.25, 0.3) is 10.9 Å². The van der Waals surface area contributed by atoms with Crippen molar-refractivity contribution < 1.29 is 9.53 Å². The number of benzene rings is 1. The Morgan fingerprint density at radius 2 is 2.26 bits per heavy atom. The number of pyridine rings is 1. The lowest BCUT2D eigenvalue weighted by Gasteiger charge is -2.06. The maximum atomic E-state index is 12.0. The molecule has 1 fully saturated rings. The molecule has 19 heavy (non-hydrogen) atoms. The van der Waals surface area contributed by atoms with E-state index in [4.69, 9.17) is 4.74 Å². The molecule has 3 rings (SSSR count). The van der Waals surface area contributed by atoms with Crippen LogP contribution >= 0.6 is 0 Å². The van der Waals surface area contributed by atoms with E-state index in [0.29, 0.717) is 11.5 Å². The molecule has 1 aromatic carbocycles. The van der Waals surface area contributed by atoms with Gasteiger partial charge >= 0.3 is 0 Å². The summed E-state index contributed by atoms with van der Waals surface area (Å²) in [7, 11) is 1.63. The van der Waals surface area contributed by atoms with E-state index < -0.39 is 0 Å². The Bertz CT molecular complexity index is 621. The van der Waals surface area contributed by atoms with Crippen molar-refractivity contribution >= 4 is 16.8 Å². The average molecular weight is 256 g/mol. The Morgan fingerprint density at radius 1 is 1.42 bits per heavy atom. The number of methoxy groups -OCH3 is 1. The van der Waals surface area contributed by atoms with Crippen molar-refractivity contribution in [3.63, 3.8) is 0 Å². The number of ether oxygens (including phenoxy) is 1. The standard InChI is InChI=1S/C15H16N2O2/c1-19-13-5-4-11-6-12(9-16-14(11)7-13)15(18)17-8-10-2-3-10/h4-7,9-10H,2-3,8H2,1H3,(H,17,18). The fourth-order valence-electron chi connectivity index (χ4n) is 2.01. The Kier molecular flexibility index (Phi) is 3.07. The van der Waals surface area contributed by atoms with Crippen LogP contribution in [0.5, 0.6) is 5.75 Å². The molecule has 0 spiro atoms. The number of carbonyl (C=O) groups excluding carboxylic acids is 1. The minimum Gasteiger partial charge on any atom is -0.497 e. The summed E-state index contributed by atoms with van der Waals surface area (Å²) in [6.45, 7) is 0.777. The predicted octanol–water partition coefficient (Wildman–Crippen LogP) is 2.38. The van der Waals surface area contributed by atoms with Crippen LogP contribution < -0.4 is 10.1 Å². The lowest BCUT2D eigenvalue weighted by molar-refractivity contribution is 0.0951. The van der Waals surface area contributed by atoms with Crippen LogP contribution in [0.15, 0.2) is 30.5 Å². The summed E-state index contributed by atoms with van der Waals surface area (Å²) in [6.07, 6.45) is 4.08. The highest BCUT2D eigenvalue weighted by molar-refractivity contribution is 5.97. The maximum Gasteiger partial charge on any atom is 0.252 e. The van der Waals surface area contributed by atoms with Gasteiger partial charge < -0.3 is 10.1 Å². The second-order valence-electron chi connectivity index (χ2n) is 4.94. The Hall–Kier alpha value is -2.10. The van der Waals surface area contributed by atoms with Crippen LogP contribution in [-0.2, 0) is 0 Å². The van der Waals surface area contributed by atoms with Crippen LogP contribution in [0.2, 0.25) is 0 Å². The van der Waals surface area contributed by atoms with Crippen molar-refractivity contribution in [3.05, 3.63) is 36.0 Å². The number of fused-ring (bicyclic) bond motifs is 1. The highest BCUT2D eigenvalue weighted by atomic mass is 16.5. The smallest absolute Gasteiger partial charge is 0.252 e. The summed E-state index contributed by atoms with van der Waals surface area (Å²) in [6, 6.07) is 7.51. The first kappa shape index (κ1) is 12.0. The molecule has 0 radical (unpaired) electrons. The summed E-state index contributed by atoms with van der Waals surface area (Å²) in [5.74, 6) is 1.41. The molecule has 0 saturated heterocycles. The van der Waals surface area contributed by atoms with Gasteiger partial charge in [-0.05, 0) is 37.0 Å². The quantitative estimate of drug-likeness (QED) is 0.913. The van der Waals surface area contributed by atoms with Crippen LogP contribution in [-0.4, -0.2) is 24.5 Å². The van der Waals surface area contributed by atoms with Crippen molar-refractivity contribution in [2.24, 2.45) is 5.92 Å². The molecule has 4 nitrogen and oxygen atoms in total. The van der Waals surface area contributed by atoms with Gasteiger partial charge in [0.2, 0.25) is 0 Å². The molecule has 98 valence electrons. The Labute approximate surface area is 111 Å². The minimum atomic E-state index is -0.0443. The Balaban J connectivity index is 1.81. The molecule has 1 aliphatic carbocycles. The van der Waals surface area contributed by atoms with E-state index in [1.54, 1.807) is 13.3 Å². The van der Waals surface area contributed by atoms with Gasteiger partial charge in [0, 0.05) is 24.2 Å². The lowest BCUT2D eigenvalue weighted by atomic mass is 10.1. The fraction of sp³-hybridized carbons (Fsp3) is 0.333. The molecule has 1 aromatic heterocycles. The average Bonchev–Trinajstić information content (AvgIpc) is 3.27. The third kappa shape index (κ3) is 2.67. The van der Waals surface area contributed by atoms with Crippen LogP contribution in [0.4, 0.5) is 0 Å². The summed E-state index contributed by atoms with van der Waals surface area (Å²) < 4.78 is 5.15. The van der Waals surface area contributed by atoms with E-state index in [-0.39, 0.29) is 5.91 Å². The van der Waals surface area contributed by atoms with Gasteiger partial charge in [-0.15, -0.1) is 0 Å². The first-order chi connectivity index (χ1) is 9.26. The van der Waals surface area contributed by atoms with Crippen molar-refractivity contribution in [2.75, 3.05) is 13.7 Å². The van der Waals surface area contributed by atoms with Crippen molar-refractivity contribution in [2.45, 2.75) is 12.8 Å². The van der Waals surface area contributed by atoms with Gasteiger partial charge in [-0.1, -0.05) is 0 Å². The van der Waals surface area contributed by atoms with Crippen LogP contribution in [0.1, 0.15) is 23.2 Å². The molecule has 1 amide bonds. The lowest BCUT2D eigenvalue weighted by Crippen LogP contribution is -2.25. The van der Waals surface area contributed by atoms with Gasteiger partial charge in [0.1, 0.15) is 5.75 Å². The largest absolute Gasteiger partial charge is 0.497 e. The van der Waals surface area contributed by atoms with Gasteiger partial charge in [0.15, 0.2) is 0 Å². The fourth-order valence-corrected chi connectivity index (χ4v) is 2.01. The number of amides is 1. The number of hydrogen-bond donors (Lipinski definition) is 1. The normalized spacial score (nSPS) is 14.4. The number of carbonyl (C=O) groups is 1. The molecule has 1 saturated carbocycles. The van der Waals surface area contributed by atoms with Crippen LogP contribution in [0, 0.1) is 5.92 Å². The third-order valence-electron chi connectivity index (χ3n) is 3.40. The second kappa shape index (κ2) is 4.88. The van der Waals surface area contributed by atoms with E-state index >= 15 is 0 Å². The molecule has 1 aliphatic rings. The summed E-state index contributed by atoms with van der Waals surface area (Å²) in [4.78, 5) is 16.3. The highest BCUT2D eigenvalue weighted by Crippen LogP contribution is 2.27. The van der Waals surface area contributed by atoms with E-state index in [1.165, 1.54) is 12.8 Å². The molecule has 0 unspecified atom stereocenters. The zero-order valence-corrected chi connectivity index (χ0v) is 10.8. The van der Waals surface area contributed by atoms with Crippen molar-refractivity contribution in [3.8, 4) is 5.75 Å². The number of rotatable bonds is 4. The van der Waals surface area contributed by atoms with Gasteiger partial charge in [-0.3, -0.25) is 9.78 Å². The summed E-state index contributed by atoms with van der Waals surface area (Å²) in [5, 5.41) is 3.89. The molecule has 4 heteroatoms. The van der Waals surface area contributed by atoms with Crippen molar-refractivity contribution in [1.82, 2.24) is 10.3 Å². The third-order valence-corrected chi connectivity index (χ3v) is 3.40. The van der Waals surface area contributed by atoms with Gasteiger partial charge in [-0.25, -0.2) is 0 Å². The molecule has 0 aliphatic heterocycles. The molecular formula is C15H16N2O2. The number of nitrogens with zero attached hydrogens (tertiary/aromatic N) is 1. The summed E-state index contributed by atoms with van der Waals surface area (Å²) in [5.41, 5.74) is 1.44. The van der Waals surface area contributed by atoms with Crippen molar-refractivity contribution in [1.29, 1.82) is 0 Å². The SMILES string of the molecule is COc1ccc2cc(C(=O)NCC3CC3)cnc2c1. The second-order valence-corrected chi connectivity index (χ2v) is 4.94. The summed E-state index contributed by atoms with van der Waals surface area (Å²) >= 11 is 0. The number of aromatic nitrogens is 1. The van der Waals surface area contributed by atoms with Crippen LogP contribution in [0.3, 0.4) is 0 Å². The number of hydrogen-bond acceptors (Lipinski definition) is 3. The molecule has 0 bridgehead atoms. The van der Waals surface area contributed by atoms with E-state index in [2.05, 4.69) is 10.3 Å². The zero-order valence-electron chi connectivity index (χ0n) is 10.8. The van der Waals surface area contributed by atoms with Gasteiger partial charge in [0.05, 0.1) is 18.2 Å². The zero-order chi connectivity index (χ0) is 13.2. The molecule has 2 aromatic rings. The molecule has 1 heterocycles. The van der Waals surface area contributed by atoms with Gasteiger partial charge in [-0.2, -0.15) is 0 Å². The highest BCUT2D eigenvalue weighted by Gasteiger charge is 2.21. The minimum absolute atomic E-state index is 0.0443. The number of nitrogens with one attached hydrogen (secondary N) is 1. The molecular weight excluding hydrogens is 240 g/mol. The topological polar surface area (TPSA) is 51.2 Å². The van der Waals surface area contributed by atoms with E-state index in [0.717, 1.165) is 23.2 Å². The maximum absolute atomic E-state index is 12.0. The molecule has 0 atom stereocenters. The monoisotopic (exact) mass is 256 g/mol. The van der Waals surface area contributed by atoms with Gasteiger partial charge in [0.25, 0.3) is 5.91 Å².